The predicted octanol–water partition coefficient (Wildman–Crippen LogP) is 0.837. The highest BCUT2D eigenvalue weighted by molar-refractivity contribution is 5.78. The number of pyridine rings is 1. The zero-order valence-electron chi connectivity index (χ0n) is 12.2. The molecule has 1 aromatic rings. The van der Waals surface area contributed by atoms with Crippen molar-refractivity contribution in [2.45, 2.75) is 19.4 Å². The molecule has 1 amide bonds. The van der Waals surface area contributed by atoms with E-state index in [2.05, 4.69) is 4.98 Å². The van der Waals surface area contributed by atoms with Gasteiger partial charge >= 0.3 is 5.97 Å². The van der Waals surface area contributed by atoms with Crippen LogP contribution in [-0.2, 0) is 16.1 Å². The van der Waals surface area contributed by atoms with E-state index in [1.165, 1.54) is 0 Å². The maximum Gasteiger partial charge on any atom is 0.306 e. The van der Waals surface area contributed by atoms with E-state index in [0.29, 0.717) is 39.0 Å². The van der Waals surface area contributed by atoms with Crippen LogP contribution in [0.15, 0.2) is 24.5 Å². The van der Waals surface area contributed by atoms with Gasteiger partial charge in [0, 0.05) is 32.0 Å². The molecular formula is C15H21N3O3. The summed E-state index contributed by atoms with van der Waals surface area (Å²) in [6.45, 7) is 2.12. The van der Waals surface area contributed by atoms with Crippen molar-refractivity contribution >= 4 is 11.9 Å². The van der Waals surface area contributed by atoms with Gasteiger partial charge < -0.3 is 10.0 Å². The molecule has 0 unspecified atom stereocenters. The number of hydrogen-bond acceptors (Lipinski definition) is 4. The quantitative estimate of drug-likeness (QED) is 0.870. The van der Waals surface area contributed by atoms with Crippen LogP contribution in [0.5, 0.6) is 0 Å². The first-order valence-electron chi connectivity index (χ1n) is 7.14. The molecule has 0 bridgehead atoms. The molecular weight excluding hydrogens is 270 g/mol. The second kappa shape index (κ2) is 7.17. The number of piperidine rings is 1. The minimum absolute atomic E-state index is 0.0652. The van der Waals surface area contributed by atoms with Crippen LogP contribution in [0, 0.1) is 5.92 Å². The Morgan fingerprint density at radius 2 is 1.95 bits per heavy atom. The highest BCUT2D eigenvalue weighted by atomic mass is 16.4. The first-order valence-corrected chi connectivity index (χ1v) is 7.14. The van der Waals surface area contributed by atoms with E-state index in [1.54, 1.807) is 17.3 Å². The van der Waals surface area contributed by atoms with Gasteiger partial charge in [0.25, 0.3) is 0 Å². The number of amides is 1. The molecule has 0 radical (unpaired) electrons. The van der Waals surface area contributed by atoms with Crippen LogP contribution in [0.3, 0.4) is 0 Å². The molecule has 114 valence electrons. The second-order valence-corrected chi connectivity index (χ2v) is 5.52. The van der Waals surface area contributed by atoms with E-state index in [4.69, 9.17) is 5.11 Å². The van der Waals surface area contributed by atoms with Crippen molar-refractivity contribution < 1.29 is 14.7 Å². The van der Waals surface area contributed by atoms with Gasteiger partial charge in [-0.25, -0.2) is 0 Å². The van der Waals surface area contributed by atoms with Gasteiger partial charge in [0.05, 0.1) is 12.5 Å². The summed E-state index contributed by atoms with van der Waals surface area (Å²) in [4.78, 5) is 30.8. The van der Waals surface area contributed by atoms with Gasteiger partial charge in [0.1, 0.15) is 0 Å². The number of aromatic nitrogens is 1. The first-order chi connectivity index (χ1) is 10.1. The molecule has 1 aromatic heterocycles. The largest absolute Gasteiger partial charge is 0.481 e. The number of likely N-dealkylation sites (tertiary alicyclic amines) is 1. The van der Waals surface area contributed by atoms with Gasteiger partial charge in [-0.2, -0.15) is 0 Å². The summed E-state index contributed by atoms with van der Waals surface area (Å²) in [6, 6.07) is 3.86. The van der Waals surface area contributed by atoms with Gasteiger partial charge in [-0.15, -0.1) is 0 Å². The molecule has 0 aromatic carbocycles. The normalized spacial score (nSPS) is 16.2. The molecule has 0 atom stereocenters. The van der Waals surface area contributed by atoms with E-state index in [0.717, 1.165) is 5.56 Å². The average Bonchev–Trinajstić information content (AvgIpc) is 2.48. The van der Waals surface area contributed by atoms with Crippen molar-refractivity contribution in [3.63, 3.8) is 0 Å². The van der Waals surface area contributed by atoms with Crippen LogP contribution in [0.1, 0.15) is 18.4 Å². The number of carboxylic acid groups (broad SMARTS) is 1. The maximum absolute atomic E-state index is 12.2. The lowest BCUT2D eigenvalue weighted by molar-refractivity contribution is -0.145. The van der Waals surface area contributed by atoms with Crippen LogP contribution in [0.2, 0.25) is 0 Å². The highest BCUT2D eigenvalue weighted by Gasteiger charge is 2.27. The topological polar surface area (TPSA) is 73.7 Å². The van der Waals surface area contributed by atoms with Gasteiger partial charge in [-0.3, -0.25) is 19.5 Å². The van der Waals surface area contributed by atoms with E-state index in [1.807, 2.05) is 24.1 Å². The van der Waals surface area contributed by atoms with Crippen LogP contribution in [-0.4, -0.2) is 58.4 Å². The SMILES string of the molecule is CN(CC(=O)N1CCC(C(=O)O)CC1)Cc1ccncc1. The summed E-state index contributed by atoms with van der Waals surface area (Å²) >= 11 is 0. The van der Waals surface area contributed by atoms with Gasteiger partial charge in [-0.05, 0) is 37.6 Å². The van der Waals surface area contributed by atoms with Crippen LogP contribution in [0.25, 0.3) is 0 Å². The lowest BCUT2D eigenvalue weighted by Crippen LogP contribution is -2.44. The first kappa shape index (κ1) is 15.4. The van der Waals surface area contributed by atoms with Crippen molar-refractivity contribution in [1.29, 1.82) is 0 Å². The van der Waals surface area contributed by atoms with Gasteiger partial charge in [-0.1, -0.05) is 0 Å². The Hall–Kier alpha value is -1.95. The van der Waals surface area contributed by atoms with E-state index in [-0.39, 0.29) is 11.8 Å². The summed E-state index contributed by atoms with van der Waals surface area (Å²) in [5, 5.41) is 8.96. The number of carbonyl (C=O) groups is 2. The molecule has 0 aliphatic carbocycles. The number of likely N-dealkylation sites (N-methyl/N-ethyl adjacent to an activating group) is 1. The van der Waals surface area contributed by atoms with Crippen molar-refractivity contribution in [2.24, 2.45) is 5.92 Å². The van der Waals surface area contributed by atoms with Crippen molar-refractivity contribution in [3.8, 4) is 0 Å². The Bertz CT molecular complexity index is 484. The Labute approximate surface area is 124 Å². The molecule has 21 heavy (non-hydrogen) atoms. The summed E-state index contributed by atoms with van der Waals surface area (Å²) in [5.41, 5.74) is 1.12. The fourth-order valence-corrected chi connectivity index (χ4v) is 2.56. The molecule has 1 aliphatic heterocycles. The number of carboxylic acids is 1. The Morgan fingerprint density at radius 3 is 2.52 bits per heavy atom. The van der Waals surface area contributed by atoms with E-state index >= 15 is 0 Å². The monoisotopic (exact) mass is 291 g/mol. The maximum atomic E-state index is 12.2. The summed E-state index contributed by atoms with van der Waals surface area (Å²) < 4.78 is 0. The van der Waals surface area contributed by atoms with Crippen LogP contribution in [0.4, 0.5) is 0 Å². The van der Waals surface area contributed by atoms with Crippen molar-refractivity contribution in [3.05, 3.63) is 30.1 Å². The lowest BCUT2D eigenvalue weighted by Gasteiger charge is -2.31. The summed E-state index contributed by atoms with van der Waals surface area (Å²) in [7, 11) is 1.91. The minimum Gasteiger partial charge on any atom is -0.481 e. The standard InChI is InChI=1S/C15H21N3O3/c1-17(10-12-2-6-16-7-3-12)11-14(19)18-8-4-13(5-9-18)15(20)21/h2-3,6-7,13H,4-5,8-11H2,1H3,(H,20,21). The number of rotatable bonds is 5. The van der Waals surface area contributed by atoms with Crippen molar-refractivity contribution in [1.82, 2.24) is 14.8 Å². The number of carbonyl (C=O) groups excluding carboxylic acids is 1. The van der Waals surface area contributed by atoms with Crippen LogP contribution < -0.4 is 0 Å². The van der Waals surface area contributed by atoms with E-state index < -0.39 is 5.97 Å². The third kappa shape index (κ3) is 4.53. The average molecular weight is 291 g/mol. The zero-order chi connectivity index (χ0) is 15.2. The smallest absolute Gasteiger partial charge is 0.306 e. The fourth-order valence-electron chi connectivity index (χ4n) is 2.56. The third-order valence-corrected chi connectivity index (χ3v) is 3.80. The number of aliphatic carboxylic acids is 1. The zero-order valence-corrected chi connectivity index (χ0v) is 12.2. The van der Waals surface area contributed by atoms with Crippen molar-refractivity contribution in [2.75, 3.05) is 26.7 Å². The molecule has 2 rings (SSSR count). The molecule has 6 nitrogen and oxygen atoms in total. The third-order valence-electron chi connectivity index (χ3n) is 3.80. The number of nitrogens with zero attached hydrogens (tertiary/aromatic N) is 3. The highest BCUT2D eigenvalue weighted by Crippen LogP contribution is 2.17. The molecule has 6 heteroatoms. The van der Waals surface area contributed by atoms with Crippen LogP contribution >= 0.6 is 0 Å². The molecule has 1 aliphatic rings. The Kier molecular flexibility index (Phi) is 5.27. The Morgan fingerprint density at radius 1 is 1.33 bits per heavy atom. The summed E-state index contributed by atoms with van der Waals surface area (Å²) in [6.07, 6.45) is 4.58. The molecule has 1 N–H and O–H groups in total. The molecule has 1 saturated heterocycles. The van der Waals surface area contributed by atoms with E-state index in [9.17, 15) is 9.59 Å². The molecule has 2 heterocycles. The minimum atomic E-state index is -0.753. The molecule has 1 fully saturated rings. The molecule has 0 spiro atoms. The molecule has 0 saturated carbocycles. The van der Waals surface area contributed by atoms with Gasteiger partial charge in [0.2, 0.25) is 5.91 Å². The fraction of sp³-hybridized carbons (Fsp3) is 0.533. The summed E-state index contributed by atoms with van der Waals surface area (Å²) in [5.74, 6) is -0.990. The Balaban J connectivity index is 1.78. The number of hydrogen-bond donors (Lipinski definition) is 1. The second-order valence-electron chi connectivity index (χ2n) is 5.52. The lowest BCUT2D eigenvalue weighted by atomic mass is 9.97. The predicted molar refractivity (Wildman–Crippen MR) is 77.5 cm³/mol. The van der Waals surface area contributed by atoms with Gasteiger partial charge in [0.15, 0.2) is 0 Å².